The van der Waals surface area contributed by atoms with Crippen molar-refractivity contribution in [3.63, 3.8) is 0 Å². The molecule has 3 N–H and O–H groups in total. The number of anilines is 2. The predicted molar refractivity (Wildman–Crippen MR) is 64.8 cm³/mol. The van der Waals surface area contributed by atoms with Crippen molar-refractivity contribution in [3.8, 4) is 6.07 Å². The molecule has 1 unspecified atom stereocenters. The van der Waals surface area contributed by atoms with Gasteiger partial charge in [0, 0.05) is 11.8 Å². The van der Waals surface area contributed by atoms with Crippen LogP contribution in [0.4, 0.5) is 11.5 Å². The Labute approximate surface area is 93.9 Å². The first-order valence-corrected chi connectivity index (χ1v) is 5.99. The Hall–Kier alpha value is -1.41. The van der Waals surface area contributed by atoms with E-state index in [-0.39, 0.29) is 5.69 Å². The summed E-state index contributed by atoms with van der Waals surface area (Å²) < 4.78 is 0. The van der Waals surface area contributed by atoms with Crippen LogP contribution in [0.5, 0.6) is 0 Å². The standard InChI is InChI=1S/C10H14N4S/c1-7(6-15-2)13-10-4-3-8(12)9(5-11)14-10/h3-4,7H,6,12H2,1-2H3,(H,13,14). The summed E-state index contributed by atoms with van der Waals surface area (Å²) in [7, 11) is 0. The largest absolute Gasteiger partial charge is 0.396 e. The molecular formula is C10H14N4S. The molecule has 0 spiro atoms. The molecule has 5 heteroatoms. The first-order chi connectivity index (χ1) is 7.17. The van der Waals surface area contributed by atoms with Crippen molar-refractivity contribution in [1.29, 1.82) is 5.26 Å². The Bertz CT molecular complexity index is 372. The third-order valence-electron chi connectivity index (χ3n) is 1.84. The van der Waals surface area contributed by atoms with Gasteiger partial charge in [0.2, 0.25) is 0 Å². The van der Waals surface area contributed by atoms with Crippen LogP contribution in [-0.4, -0.2) is 23.0 Å². The molecule has 0 aliphatic heterocycles. The molecule has 0 bridgehead atoms. The summed E-state index contributed by atoms with van der Waals surface area (Å²) >= 11 is 1.76. The van der Waals surface area contributed by atoms with Crippen molar-refractivity contribution in [2.75, 3.05) is 23.1 Å². The number of aromatic nitrogens is 1. The quantitative estimate of drug-likeness (QED) is 0.811. The summed E-state index contributed by atoms with van der Waals surface area (Å²) in [6, 6.07) is 5.76. The van der Waals surface area contributed by atoms with Crippen LogP contribution in [0.3, 0.4) is 0 Å². The fraction of sp³-hybridized carbons (Fsp3) is 0.400. The van der Waals surface area contributed by atoms with E-state index in [0.29, 0.717) is 17.5 Å². The molecular weight excluding hydrogens is 208 g/mol. The van der Waals surface area contributed by atoms with Crippen LogP contribution in [0.1, 0.15) is 12.6 Å². The molecule has 1 heterocycles. The van der Waals surface area contributed by atoms with Crippen molar-refractivity contribution < 1.29 is 0 Å². The second-order valence-corrected chi connectivity index (χ2v) is 4.16. The molecule has 0 aromatic carbocycles. The molecule has 0 fully saturated rings. The fourth-order valence-electron chi connectivity index (χ4n) is 1.18. The van der Waals surface area contributed by atoms with Gasteiger partial charge in [-0.05, 0) is 25.3 Å². The molecule has 1 aromatic heterocycles. The van der Waals surface area contributed by atoms with Gasteiger partial charge in [-0.25, -0.2) is 4.98 Å². The summed E-state index contributed by atoms with van der Waals surface area (Å²) in [6.07, 6.45) is 2.05. The van der Waals surface area contributed by atoms with E-state index in [4.69, 9.17) is 11.0 Å². The molecule has 0 saturated heterocycles. The second-order valence-electron chi connectivity index (χ2n) is 3.25. The molecule has 15 heavy (non-hydrogen) atoms. The van der Waals surface area contributed by atoms with Crippen LogP contribution in [0.15, 0.2) is 12.1 Å². The van der Waals surface area contributed by atoms with Crippen LogP contribution in [0, 0.1) is 11.3 Å². The SMILES string of the molecule is CSCC(C)Nc1ccc(N)c(C#N)n1. The van der Waals surface area contributed by atoms with Gasteiger partial charge in [0.25, 0.3) is 0 Å². The topological polar surface area (TPSA) is 74.7 Å². The summed E-state index contributed by atoms with van der Waals surface area (Å²) in [5.74, 6) is 1.69. The number of nitrogens with zero attached hydrogens (tertiary/aromatic N) is 2. The minimum Gasteiger partial charge on any atom is -0.396 e. The monoisotopic (exact) mass is 222 g/mol. The van der Waals surface area contributed by atoms with E-state index in [0.717, 1.165) is 5.75 Å². The maximum atomic E-state index is 8.76. The van der Waals surface area contributed by atoms with Gasteiger partial charge < -0.3 is 11.1 Å². The molecule has 0 aliphatic rings. The van der Waals surface area contributed by atoms with E-state index in [9.17, 15) is 0 Å². The Morgan fingerprint density at radius 3 is 3.00 bits per heavy atom. The number of pyridine rings is 1. The molecule has 0 radical (unpaired) electrons. The molecule has 1 atom stereocenters. The maximum Gasteiger partial charge on any atom is 0.165 e. The highest BCUT2D eigenvalue weighted by Gasteiger charge is 2.04. The summed E-state index contributed by atoms with van der Waals surface area (Å²) in [5.41, 5.74) is 6.26. The number of nitrogens with two attached hydrogens (primary N) is 1. The summed E-state index contributed by atoms with van der Waals surface area (Å²) in [5, 5.41) is 12.0. The molecule has 1 aromatic rings. The van der Waals surface area contributed by atoms with E-state index < -0.39 is 0 Å². The van der Waals surface area contributed by atoms with E-state index in [1.54, 1.807) is 23.9 Å². The Morgan fingerprint density at radius 1 is 1.67 bits per heavy atom. The normalized spacial score (nSPS) is 11.8. The Balaban J connectivity index is 2.75. The smallest absolute Gasteiger partial charge is 0.165 e. The van der Waals surface area contributed by atoms with E-state index in [1.807, 2.05) is 6.07 Å². The van der Waals surface area contributed by atoms with Crippen LogP contribution < -0.4 is 11.1 Å². The lowest BCUT2D eigenvalue weighted by atomic mass is 10.3. The Morgan fingerprint density at radius 2 is 2.40 bits per heavy atom. The van der Waals surface area contributed by atoms with Gasteiger partial charge in [-0.3, -0.25) is 0 Å². The summed E-state index contributed by atoms with van der Waals surface area (Å²) in [6.45, 7) is 2.07. The minimum absolute atomic E-state index is 0.274. The lowest BCUT2D eigenvalue weighted by molar-refractivity contribution is 0.902. The number of thioether (sulfide) groups is 1. The second kappa shape index (κ2) is 5.47. The van der Waals surface area contributed by atoms with Gasteiger partial charge >= 0.3 is 0 Å². The number of nitrogen functional groups attached to an aromatic ring is 1. The van der Waals surface area contributed by atoms with Crippen LogP contribution >= 0.6 is 11.8 Å². The fourth-order valence-corrected chi connectivity index (χ4v) is 1.77. The van der Waals surface area contributed by atoms with Gasteiger partial charge in [0.05, 0.1) is 5.69 Å². The van der Waals surface area contributed by atoms with Crippen molar-refractivity contribution in [2.45, 2.75) is 13.0 Å². The third-order valence-corrected chi connectivity index (χ3v) is 2.68. The van der Waals surface area contributed by atoms with Gasteiger partial charge in [-0.1, -0.05) is 0 Å². The molecule has 1 rings (SSSR count). The molecule has 0 saturated carbocycles. The molecule has 0 aliphatic carbocycles. The minimum atomic E-state index is 0.274. The van der Waals surface area contributed by atoms with E-state index in [1.165, 1.54) is 0 Å². The molecule has 0 amide bonds. The number of hydrogen-bond acceptors (Lipinski definition) is 5. The highest BCUT2D eigenvalue weighted by atomic mass is 32.2. The predicted octanol–water partition coefficient (Wildman–Crippen LogP) is 1.70. The van der Waals surface area contributed by atoms with Gasteiger partial charge in [0.1, 0.15) is 11.9 Å². The first-order valence-electron chi connectivity index (χ1n) is 4.59. The maximum absolute atomic E-state index is 8.76. The van der Waals surface area contributed by atoms with Gasteiger partial charge in [-0.2, -0.15) is 17.0 Å². The lowest BCUT2D eigenvalue weighted by Gasteiger charge is -2.13. The van der Waals surface area contributed by atoms with Crippen molar-refractivity contribution in [1.82, 2.24) is 4.98 Å². The van der Waals surface area contributed by atoms with Crippen molar-refractivity contribution >= 4 is 23.3 Å². The van der Waals surface area contributed by atoms with Crippen LogP contribution in [0.25, 0.3) is 0 Å². The van der Waals surface area contributed by atoms with Crippen molar-refractivity contribution in [2.24, 2.45) is 0 Å². The number of nitrogens with one attached hydrogen (secondary N) is 1. The zero-order valence-corrected chi connectivity index (χ0v) is 9.64. The van der Waals surface area contributed by atoms with Crippen LogP contribution in [-0.2, 0) is 0 Å². The summed E-state index contributed by atoms with van der Waals surface area (Å²) in [4.78, 5) is 4.11. The van der Waals surface area contributed by atoms with Gasteiger partial charge in [0.15, 0.2) is 5.69 Å². The van der Waals surface area contributed by atoms with Gasteiger partial charge in [-0.15, -0.1) is 0 Å². The number of hydrogen-bond donors (Lipinski definition) is 2. The zero-order chi connectivity index (χ0) is 11.3. The van der Waals surface area contributed by atoms with Crippen LogP contribution in [0.2, 0.25) is 0 Å². The van der Waals surface area contributed by atoms with E-state index in [2.05, 4.69) is 23.5 Å². The average Bonchev–Trinajstić information content (AvgIpc) is 2.21. The lowest BCUT2D eigenvalue weighted by Crippen LogP contribution is -2.18. The highest BCUT2D eigenvalue weighted by Crippen LogP contribution is 2.13. The first kappa shape index (κ1) is 11.7. The van der Waals surface area contributed by atoms with E-state index >= 15 is 0 Å². The molecule has 80 valence electrons. The zero-order valence-electron chi connectivity index (χ0n) is 8.82. The molecule has 4 nitrogen and oxygen atoms in total. The average molecular weight is 222 g/mol. The van der Waals surface area contributed by atoms with Crippen molar-refractivity contribution in [3.05, 3.63) is 17.8 Å². The highest BCUT2D eigenvalue weighted by molar-refractivity contribution is 7.98. The number of nitriles is 1. The third kappa shape index (κ3) is 3.33. The Kier molecular flexibility index (Phi) is 4.25. The number of rotatable bonds is 4.